The second-order valence-electron chi connectivity index (χ2n) is 7.34. The molecule has 3 rings (SSSR count). The van der Waals surface area contributed by atoms with Crippen LogP contribution in [0.15, 0.2) is 47.4 Å². The first-order valence-electron chi connectivity index (χ1n) is 9.07. The van der Waals surface area contributed by atoms with Crippen LogP contribution in [0, 0.1) is 0 Å². The first-order valence-corrected chi connectivity index (χ1v) is 9.07. The first-order chi connectivity index (χ1) is 13.4. The summed E-state index contributed by atoms with van der Waals surface area (Å²) in [6, 6.07) is 7.12. The van der Waals surface area contributed by atoms with Crippen LogP contribution in [0.2, 0.25) is 0 Å². The molecule has 0 saturated carbocycles. The topological polar surface area (TPSA) is 103 Å². The van der Waals surface area contributed by atoms with Crippen LogP contribution >= 0.6 is 0 Å². The van der Waals surface area contributed by atoms with Crippen molar-refractivity contribution in [3.05, 3.63) is 54.6 Å². The lowest BCUT2D eigenvalue weighted by Crippen LogP contribution is -2.13. The van der Waals surface area contributed by atoms with Gasteiger partial charge in [0.2, 0.25) is 17.7 Å². The molecule has 0 aliphatic heterocycles. The van der Waals surface area contributed by atoms with Crippen LogP contribution in [-0.2, 0) is 16.6 Å². The maximum atomic E-state index is 12.2. The average molecular weight is 381 g/mol. The van der Waals surface area contributed by atoms with E-state index in [-0.39, 0.29) is 11.3 Å². The summed E-state index contributed by atoms with van der Waals surface area (Å²) in [5.41, 5.74) is 0.497. The van der Waals surface area contributed by atoms with E-state index >= 15 is 0 Å². The van der Waals surface area contributed by atoms with Crippen molar-refractivity contribution in [3.63, 3.8) is 0 Å². The standard InChI is InChI=1S/C20H23N5O3/c1-20(2,3)19-24-17(28-25-19)9-5-8-16(26)23-14-6-4-7-15(12-14)27-18-13-21-10-11-22-18/h4,6-7,10-13H,5,8-9H2,1-3H3,(H,23,26). The van der Waals surface area contributed by atoms with Gasteiger partial charge in [0.05, 0.1) is 6.20 Å². The highest BCUT2D eigenvalue weighted by atomic mass is 16.5. The smallest absolute Gasteiger partial charge is 0.237 e. The van der Waals surface area contributed by atoms with Crippen molar-refractivity contribution >= 4 is 11.6 Å². The van der Waals surface area contributed by atoms with Crippen LogP contribution in [0.4, 0.5) is 5.69 Å². The van der Waals surface area contributed by atoms with Gasteiger partial charge in [-0.05, 0) is 18.6 Å². The highest BCUT2D eigenvalue weighted by Gasteiger charge is 2.20. The molecule has 0 aliphatic carbocycles. The molecule has 1 aromatic carbocycles. The summed E-state index contributed by atoms with van der Waals surface area (Å²) in [4.78, 5) is 24.6. The predicted octanol–water partition coefficient (Wildman–Crippen LogP) is 3.91. The zero-order chi connectivity index (χ0) is 20.0. The number of benzene rings is 1. The Morgan fingerprint density at radius 3 is 2.82 bits per heavy atom. The maximum absolute atomic E-state index is 12.2. The molecule has 0 atom stereocenters. The summed E-state index contributed by atoms with van der Waals surface area (Å²) in [7, 11) is 0. The van der Waals surface area contributed by atoms with Gasteiger partial charge in [-0.25, -0.2) is 4.98 Å². The van der Waals surface area contributed by atoms with Gasteiger partial charge in [-0.15, -0.1) is 0 Å². The fraction of sp³-hybridized carbons (Fsp3) is 0.350. The first kappa shape index (κ1) is 19.5. The molecule has 8 heteroatoms. The second-order valence-corrected chi connectivity index (χ2v) is 7.34. The van der Waals surface area contributed by atoms with Gasteiger partial charge in [0.1, 0.15) is 5.75 Å². The third kappa shape index (κ3) is 5.60. The van der Waals surface area contributed by atoms with Crippen molar-refractivity contribution in [1.82, 2.24) is 20.1 Å². The number of nitrogens with one attached hydrogen (secondary N) is 1. The van der Waals surface area contributed by atoms with E-state index in [1.807, 2.05) is 20.8 Å². The number of ether oxygens (including phenoxy) is 1. The van der Waals surface area contributed by atoms with Gasteiger partial charge in [-0.3, -0.25) is 9.78 Å². The molecule has 1 N–H and O–H groups in total. The number of hydrogen-bond acceptors (Lipinski definition) is 7. The molecule has 2 heterocycles. The quantitative estimate of drug-likeness (QED) is 0.662. The Balaban J connectivity index is 1.48. The van der Waals surface area contributed by atoms with Gasteiger partial charge < -0.3 is 14.6 Å². The molecule has 3 aromatic rings. The average Bonchev–Trinajstić information content (AvgIpc) is 3.12. The maximum Gasteiger partial charge on any atom is 0.237 e. The molecular formula is C20H23N5O3. The normalized spacial score (nSPS) is 11.2. The molecule has 0 saturated heterocycles. The van der Waals surface area contributed by atoms with Gasteiger partial charge in [0, 0.05) is 42.4 Å². The van der Waals surface area contributed by atoms with Crippen molar-refractivity contribution in [3.8, 4) is 11.6 Å². The molecule has 1 amide bonds. The van der Waals surface area contributed by atoms with E-state index < -0.39 is 0 Å². The van der Waals surface area contributed by atoms with Crippen molar-refractivity contribution < 1.29 is 14.1 Å². The summed E-state index contributed by atoms with van der Waals surface area (Å²) in [6.45, 7) is 6.08. The lowest BCUT2D eigenvalue weighted by atomic mass is 9.96. The third-order valence-electron chi connectivity index (χ3n) is 3.81. The molecule has 28 heavy (non-hydrogen) atoms. The molecule has 0 bridgehead atoms. The largest absolute Gasteiger partial charge is 0.437 e. The lowest BCUT2D eigenvalue weighted by Gasteiger charge is -2.10. The lowest BCUT2D eigenvalue weighted by molar-refractivity contribution is -0.116. The summed E-state index contributed by atoms with van der Waals surface area (Å²) >= 11 is 0. The Hall–Kier alpha value is -3.29. The summed E-state index contributed by atoms with van der Waals surface area (Å²) in [5, 5.41) is 6.85. The molecule has 146 valence electrons. The minimum atomic E-state index is -0.155. The van der Waals surface area contributed by atoms with E-state index in [1.54, 1.807) is 36.7 Å². The van der Waals surface area contributed by atoms with Crippen LogP contribution < -0.4 is 10.1 Å². The molecule has 0 unspecified atom stereocenters. The number of carbonyl (C=O) groups excluding carboxylic acids is 1. The number of nitrogens with zero attached hydrogens (tertiary/aromatic N) is 4. The zero-order valence-electron chi connectivity index (χ0n) is 16.2. The molecule has 8 nitrogen and oxygen atoms in total. The van der Waals surface area contributed by atoms with E-state index in [0.717, 1.165) is 0 Å². The SMILES string of the molecule is CC(C)(C)c1noc(CCCC(=O)Nc2cccc(Oc3cnccn3)c2)n1. The van der Waals surface area contributed by atoms with Crippen molar-refractivity contribution in [2.75, 3.05) is 5.32 Å². The van der Waals surface area contributed by atoms with Crippen molar-refractivity contribution in [1.29, 1.82) is 0 Å². The molecule has 0 spiro atoms. The van der Waals surface area contributed by atoms with E-state index in [4.69, 9.17) is 9.26 Å². The summed E-state index contributed by atoms with van der Waals surface area (Å²) in [6.07, 6.45) is 6.17. The third-order valence-corrected chi connectivity index (χ3v) is 3.81. The molecule has 0 radical (unpaired) electrons. The van der Waals surface area contributed by atoms with Gasteiger partial charge in [-0.2, -0.15) is 4.98 Å². The van der Waals surface area contributed by atoms with Crippen LogP contribution in [-0.4, -0.2) is 26.0 Å². The number of aromatic nitrogens is 4. The van der Waals surface area contributed by atoms with Crippen LogP contribution in [0.3, 0.4) is 0 Å². The second kappa shape index (κ2) is 8.60. The fourth-order valence-corrected chi connectivity index (χ4v) is 2.38. The summed E-state index contributed by atoms with van der Waals surface area (Å²) < 4.78 is 10.9. The number of rotatable bonds is 7. The van der Waals surface area contributed by atoms with Gasteiger partial charge in [-0.1, -0.05) is 32.0 Å². The van der Waals surface area contributed by atoms with Gasteiger partial charge in [0.15, 0.2) is 5.82 Å². The molecule has 0 fully saturated rings. The molecule has 2 aromatic heterocycles. The van der Waals surface area contributed by atoms with Crippen molar-refractivity contribution in [2.45, 2.75) is 45.4 Å². The highest BCUT2D eigenvalue weighted by molar-refractivity contribution is 5.90. The Labute approximate surface area is 163 Å². The van der Waals surface area contributed by atoms with Crippen molar-refractivity contribution in [2.24, 2.45) is 0 Å². The number of carbonyl (C=O) groups is 1. The minimum absolute atomic E-state index is 0.0905. The number of amides is 1. The Kier molecular flexibility index (Phi) is 5.98. The number of aryl methyl sites for hydroxylation is 1. The highest BCUT2D eigenvalue weighted by Crippen LogP contribution is 2.22. The van der Waals surface area contributed by atoms with E-state index in [9.17, 15) is 4.79 Å². The summed E-state index contributed by atoms with van der Waals surface area (Å²) in [5.74, 6) is 2.09. The van der Waals surface area contributed by atoms with E-state index in [2.05, 4.69) is 25.4 Å². The monoisotopic (exact) mass is 381 g/mol. The van der Waals surface area contributed by atoms with Crippen LogP contribution in [0.1, 0.15) is 45.3 Å². The van der Waals surface area contributed by atoms with Crippen LogP contribution in [0.5, 0.6) is 11.6 Å². The zero-order valence-corrected chi connectivity index (χ0v) is 16.2. The van der Waals surface area contributed by atoms with Gasteiger partial charge in [0.25, 0.3) is 0 Å². The number of anilines is 1. The number of hydrogen-bond donors (Lipinski definition) is 1. The fourth-order valence-electron chi connectivity index (χ4n) is 2.38. The predicted molar refractivity (Wildman–Crippen MR) is 103 cm³/mol. The van der Waals surface area contributed by atoms with E-state index in [0.29, 0.717) is 48.3 Å². The Bertz CT molecular complexity index is 919. The molecular weight excluding hydrogens is 358 g/mol. The minimum Gasteiger partial charge on any atom is -0.437 e. The van der Waals surface area contributed by atoms with Crippen LogP contribution in [0.25, 0.3) is 0 Å². The van der Waals surface area contributed by atoms with E-state index in [1.165, 1.54) is 6.20 Å². The van der Waals surface area contributed by atoms with Gasteiger partial charge >= 0.3 is 0 Å². The Morgan fingerprint density at radius 2 is 2.11 bits per heavy atom. The molecule has 0 aliphatic rings. The Morgan fingerprint density at radius 1 is 1.25 bits per heavy atom.